The van der Waals surface area contributed by atoms with Gasteiger partial charge in [0.25, 0.3) is 0 Å². The van der Waals surface area contributed by atoms with Crippen molar-refractivity contribution >= 4 is 22.7 Å². The van der Waals surface area contributed by atoms with E-state index in [0.29, 0.717) is 29.6 Å². The second-order valence-electron chi connectivity index (χ2n) is 5.39. The summed E-state index contributed by atoms with van der Waals surface area (Å²) in [7, 11) is 0. The molecule has 0 unspecified atom stereocenters. The van der Waals surface area contributed by atoms with Crippen LogP contribution in [-0.2, 0) is 4.79 Å². The highest BCUT2D eigenvalue weighted by Gasteiger charge is 2.26. The van der Waals surface area contributed by atoms with Crippen molar-refractivity contribution in [3.05, 3.63) is 30.3 Å². The second kappa shape index (κ2) is 5.63. The smallest absolute Gasteiger partial charge is 0.306 e. The summed E-state index contributed by atoms with van der Waals surface area (Å²) in [6, 6.07) is 4.87. The third kappa shape index (κ3) is 2.79. The molecule has 1 heterocycles. The fourth-order valence-corrected chi connectivity index (χ4v) is 2.86. The van der Waals surface area contributed by atoms with Gasteiger partial charge < -0.3 is 10.4 Å². The summed E-state index contributed by atoms with van der Waals surface area (Å²) in [4.78, 5) is 19.1. The molecule has 6 heteroatoms. The average molecular weight is 289 g/mol. The molecule has 0 bridgehead atoms. The van der Waals surface area contributed by atoms with E-state index in [-0.39, 0.29) is 17.8 Å². The van der Waals surface area contributed by atoms with Gasteiger partial charge in [0.2, 0.25) is 0 Å². The molecule has 1 aromatic heterocycles. The summed E-state index contributed by atoms with van der Waals surface area (Å²) >= 11 is 0. The lowest BCUT2D eigenvalue weighted by atomic mass is 9.86. The van der Waals surface area contributed by atoms with Gasteiger partial charge in [0.15, 0.2) is 0 Å². The Labute approximate surface area is 121 Å². The van der Waals surface area contributed by atoms with Gasteiger partial charge in [-0.3, -0.25) is 4.79 Å². The van der Waals surface area contributed by atoms with E-state index in [2.05, 4.69) is 15.3 Å². The van der Waals surface area contributed by atoms with E-state index in [1.54, 1.807) is 12.1 Å². The Balaban J connectivity index is 1.79. The molecule has 0 amide bonds. The number of aliphatic carboxylic acids is 1. The number of hydrogen-bond acceptors (Lipinski definition) is 4. The monoisotopic (exact) mass is 289 g/mol. The number of carboxylic acids is 1. The van der Waals surface area contributed by atoms with Crippen LogP contribution >= 0.6 is 0 Å². The molecule has 0 radical (unpaired) electrons. The van der Waals surface area contributed by atoms with Crippen molar-refractivity contribution in [2.24, 2.45) is 5.92 Å². The van der Waals surface area contributed by atoms with Crippen molar-refractivity contribution in [1.82, 2.24) is 9.97 Å². The molecule has 0 saturated heterocycles. The standard InChI is InChI=1S/C15H16FN3O2/c16-11-2-1-3-12-13(11)14(18-8-17-12)19-10-6-4-9(5-7-10)15(20)21/h1-3,8-10H,4-7H2,(H,20,21)(H,17,18,19). The van der Waals surface area contributed by atoms with Crippen molar-refractivity contribution in [3.8, 4) is 0 Å². The van der Waals surface area contributed by atoms with Crippen LogP contribution in [0.3, 0.4) is 0 Å². The van der Waals surface area contributed by atoms with E-state index in [0.717, 1.165) is 12.8 Å². The van der Waals surface area contributed by atoms with Crippen molar-refractivity contribution in [1.29, 1.82) is 0 Å². The first-order valence-electron chi connectivity index (χ1n) is 7.03. The van der Waals surface area contributed by atoms with Gasteiger partial charge in [-0.05, 0) is 37.8 Å². The molecular formula is C15H16FN3O2. The zero-order chi connectivity index (χ0) is 14.8. The van der Waals surface area contributed by atoms with Crippen LogP contribution in [0.2, 0.25) is 0 Å². The first-order chi connectivity index (χ1) is 10.1. The number of halogens is 1. The number of carboxylic acid groups (broad SMARTS) is 1. The molecule has 0 spiro atoms. The maximum atomic E-state index is 14.0. The number of fused-ring (bicyclic) bond motifs is 1. The molecule has 2 N–H and O–H groups in total. The van der Waals surface area contributed by atoms with Crippen molar-refractivity contribution in [2.75, 3.05) is 5.32 Å². The number of hydrogen-bond donors (Lipinski definition) is 2. The van der Waals surface area contributed by atoms with E-state index in [9.17, 15) is 9.18 Å². The maximum Gasteiger partial charge on any atom is 0.306 e. The third-order valence-corrected chi connectivity index (χ3v) is 4.03. The van der Waals surface area contributed by atoms with E-state index >= 15 is 0 Å². The fraction of sp³-hybridized carbons (Fsp3) is 0.400. The van der Waals surface area contributed by atoms with Gasteiger partial charge in [0, 0.05) is 6.04 Å². The van der Waals surface area contributed by atoms with E-state index in [4.69, 9.17) is 5.11 Å². The third-order valence-electron chi connectivity index (χ3n) is 4.03. The fourth-order valence-electron chi connectivity index (χ4n) is 2.86. The first-order valence-corrected chi connectivity index (χ1v) is 7.03. The Morgan fingerprint density at radius 1 is 1.24 bits per heavy atom. The SMILES string of the molecule is O=C(O)C1CCC(Nc2ncnc3cccc(F)c23)CC1. The van der Waals surface area contributed by atoms with Crippen LogP contribution in [0.15, 0.2) is 24.5 Å². The van der Waals surface area contributed by atoms with Gasteiger partial charge in [0.1, 0.15) is 18.0 Å². The second-order valence-corrected chi connectivity index (χ2v) is 5.39. The molecule has 110 valence electrons. The van der Waals surface area contributed by atoms with Gasteiger partial charge in [0.05, 0.1) is 16.8 Å². The van der Waals surface area contributed by atoms with Crippen LogP contribution in [0.5, 0.6) is 0 Å². The van der Waals surface area contributed by atoms with Crippen LogP contribution in [0.25, 0.3) is 10.9 Å². The Bertz CT molecular complexity index is 664. The number of benzene rings is 1. The number of rotatable bonds is 3. The molecule has 21 heavy (non-hydrogen) atoms. The van der Waals surface area contributed by atoms with Crippen LogP contribution in [0, 0.1) is 11.7 Å². The number of aromatic nitrogens is 2. The highest BCUT2D eigenvalue weighted by Crippen LogP contribution is 2.29. The summed E-state index contributed by atoms with van der Waals surface area (Å²) in [5.41, 5.74) is 0.562. The average Bonchev–Trinajstić information content (AvgIpc) is 2.48. The van der Waals surface area contributed by atoms with E-state index < -0.39 is 5.97 Å². The number of carbonyl (C=O) groups is 1. The lowest BCUT2D eigenvalue weighted by molar-refractivity contribution is -0.142. The van der Waals surface area contributed by atoms with Gasteiger partial charge in [-0.25, -0.2) is 14.4 Å². The Morgan fingerprint density at radius 3 is 2.71 bits per heavy atom. The summed E-state index contributed by atoms with van der Waals surface area (Å²) in [5.74, 6) is -0.861. The van der Waals surface area contributed by atoms with Gasteiger partial charge >= 0.3 is 5.97 Å². The Kier molecular flexibility index (Phi) is 3.68. The molecule has 1 saturated carbocycles. The lowest BCUT2D eigenvalue weighted by Gasteiger charge is -2.27. The zero-order valence-corrected chi connectivity index (χ0v) is 11.4. The number of nitrogens with one attached hydrogen (secondary N) is 1. The largest absolute Gasteiger partial charge is 0.481 e. The van der Waals surface area contributed by atoms with Crippen molar-refractivity contribution in [3.63, 3.8) is 0 Å². The van der Waals surface area contributed by atoms with Crippen LogP contribution in [0.4, 0.5) is 10.2 Å². The maximum absolute atomic E-state index is 14.0. The first kappa shape index (κ1) is 13.7. The minimum Gasteiger partial charge on any atom is -0.481 e. The highest BCUT2D eigenvalue weighted by atomic mass is 19.1. The van der Waals surface area contributed by atoms with Crippen molar-refractivity contribution < 1.29 is 14.3 Å². The topological polar surface area (TPSA) is 75.1 Å². The minimum atomic E-state index is -0.730. The molecule has 3 rings (SSSR count). The van der Waals surface area contributed by atoms with Crippen molar-refractivity contribution in [2.45, 2.75) is 31.7 Å². The van der Waals surface area contributed by atoms with Crippen LogP contribution in [0.1, 0.15) is 25.7 Å². The Morgan fingerprint density at radius 2 is 2.00 bits per heavy atom. The van der Waals surface area contributed by atoms with Crippen LogP contribution in [-0.4, -0.2) is 27.1 Å². The molecule has 5 nitrogen and oxygen atoms in total. The molecule has 0 atom stereocenters. The summed E-state index contributed by atoms with van der Waals surface area (Å²) in [5, 5.41) is 12.6. The normalized spacial score (nSPS) is 22.1. The summed E-state index contributed by atoms with van der Waals surface area (Å²) < 4.78 is 14.0. The van der Waals surface area contributed by atoms with Gasteiger partial charge in [-0.1, -0.05) is 6.07 Å². The molecule has 1 aliphatic carbocycles. The van der Waals surface area contributed by atoms with E-state index in [1.807, 2.05) is 0 Å². The van der Waals surface area contributed by atoms with Gasteiger partial charge in [-0.15, -0.1) is 0 Å². The molecule has 1 aromatic carbocycles. The lowest BCUT2D eigenvalue weighted by Crippen LogP contribution is -2.29. The zero-order valence-electron chi connectivity index (χ0n) is 11.4. The Hall–Kier alpha value is -2.24. The highest BCUT2D eigenvalue weighted by molar-refractivity contribution is 5.89. The molecule has 1 fully saturated rings. The van der Waals surface area contributed by atoms with Gasteiger partial charge in [-0.2, -0.15) is 0 Å². The molecular weight excluding hydrogens is 273 g/mol. The number of nitrogens with zero attached hydrogens (tertiary/aromatic N) is 2. The predicted octanol–water partition coefficient (Wildman–Crippen LogP) is 2.82. The summed E-state index contributed by atoms with van der Waals surface area (Å²) in [6.07, 6.45) is 4.18. The molecule has 0 aliphatic heterocycles. The minimum absolute atomic E-state index is 0.123. The summed E-state index contributed by atoms with van der Waals surface area (Å²) in [6.45, 7) is 0. The number of anilines is 1. The predicted molar refractivity (Wildman–Crippen MR) is 76.5 cm³/mol. The van der Waals surface area contributed by atoms with Crippen LogP contribution < -0.4 is 5.32 Å². The quantitative estimate of drug-likeness (QED) is 0.908. The van der Waals surface area contributed by atoms with E-state index in [1.165, 1.54) is 12.4 Å². The molecule has 2 aromatic rings. The molecule has 1 aliphatic rings.